The molecule has 4 rings (SSSR count). The Morgan fingerprint density at radius 1 is 1.14 bits per heavy atom. The third-order valence-electron chi connectivity index (χ3n) is 4.12. The van der Waals surface area contributed by atoms with Gasteiger partial charge in [0.15, 0.2) is 5.82 Å². The molecule has 0 radical (unpaired) electrons. The fourth-order valence-electron chi connectivity index (χ4n) is 2.76. The molecule has 0 aliphatic rings. The first-order chi connectivity index (χ1) is 13.6. The summed E-state index contributed by atoms with van der Waals surface area (Å²) in [6.07, 6.45) is 0.507. The number of aromatic nitrogens is 3. The third-order valence-corrected chi connectivity index (χ3v) is 4.12. The minimum atomic E-state index is -1.15. The minimum Gasteiger partial charge on any atom is -0.444 e. The van der Waals surface area contributed by atoms with Crippen LogP contribution < -0.4 is 5.32 Å². The van der Waals surface area contributed by atoms with Crippen LogP contribution in [-0.4, -0.2) is 27.2 Å². The number of fused-ring (bicyclic) bond motifs is 1. The average Bonchev–Trinajstić information content (AvgIpc) is 3.34. The molecule has 0 spiro atoms. The Balaban J connectivity index is 1.59. The van der Waals surface area contributed by atoms with E-state index in [1.807, 2.05) is 6.07 Å². The van der Waals surface area contributed by atoms with Gasteiger partial charge in [-0.3, -0.25) is 9.89 Å². The predicted molar refractivity (Wildman–Crippen MR) is 101 cm³/mol. The number of nitrogens with one attached hydrogen (secondary N) is 2. The van der Waals surface area contributed by atoms with E-state index in [9.17, 15) is 9.59 Å². The lowest BCUT2D eigenvalue weighted by Gasteiger charge is -2.17. The second-order valence-corrected chi connectivity index (χ2v) is 6.18. The Bertz CT molecular complexity index is 1130. The molecular formula is C20H16N4O4. The van der Waals surface area contributed by atoms with Crippen LogP contribution in [-0.2, 0) is 9.53 Å². The van der Waals surface area contributed by atoms with Gasteiger partial charge >= 0.3 is 5.97 Å². The number of benzene rings is 2. The van der Waals surface area contributed by atoms with E-state index in [2.05, 4.69) is 20.7 Å². The van der Waals surface area contributed by atoms with Crippen LogP contribution >= 0.6 is 0 Å². The number of anilines is 1. The van der Waals surface area contributed by atoms with Crippen molar-refractivity contribution in [2.75, 3.05) is 5.32 Å². The number of carbonyl (C=O) groups excluding carboxylic acids is 2. The van der Waals surface area contributed by atoms with E-state index in [0.29, 0.717) is 22.4 Å². The summed E-state index contributed by atoms with van der Waals surface area (Å²) in [6.45, 7) is 1.71. The normalized spacial score (nSPS) is 11.9. The zero-order chi connectivity index (χ0) is 19.5. The molecule has 140 valence electrons. The van der Waals surface area contributed by atoms with Gasteiger partial charge in [0.05, 0.1) is 17.3 Å². The van der Waals surface area contributed by atoms with Crippen molar-refractivity contribution in [2.45, 2.75) is 13.0 Å². The lowest BCUT2D eigenvalue weighted by molar-refractivity contribution is -0.125. The number of hydrogen-bond donors (Lipinski definition) is 2. The van der Waals surface area contributed by atoms with E-state index in [4.69, 9.17) is 9.26 Å². The molecule has 1 amide bonds. The zero-order valence-electron chi connectivity index (χ0n) is 14.9. The van der Waals surface area contributed by atoms with Gasteiger partial charge in [-0.2, -0.15) is 5.10 Å². The standard InChI is InChI=1S/C20H16N4O4/c1-12-9-17(24-28-12)22-19(25)18(13-5-3-2-4-6-13)27-20(26)14-7-8-15-11-21-23-16(15)10-14/h2-11,18H,1H3,(H,21,23)(H,22,24,25). The highest BCUT2D eigenvalue weighted by Gasteiger charge is 2.26. The van der Waals surface area contributed by atoms with Gasteiger partial charge in [0.25, 0.3) is 5.91 Å². The van der Waals surface area contributed by atoms with Crippen LogP contribution in [0.3, 0.4) is 0 Å². The second kappa shape index (κ2) is 7.36. The Morgan fingerprint density at radius 3 is 2.71 bits per heavy atom. The van der Waals surface area contributed by atoms with E-state index in [0.717, 1.165) is 5.39 Å². The van der Waals surface area contributed by atoms with Gasteiger partial charge in [0.2, 0.25) is 6.10 Å². The summed E-state index contributed by atoms with van der Waals surface area (Å²) in [5.41, 5.74) is 1.55. The number of amides is 1. The fourth-order valence-corrected chi connectivity index (χ4v) is 2.76. The summed E-state index contributed by atoms with van der Waals surface area (Å²) in [6, 6.07) is 15.4. The molecule has 2 N–H and O–H groups in total. The molecule has 2 heterocycles. The van der Waals surface area contributed by atoms with Crippen LogP contribution in [0.15, 0.2) is 65.3 Å². The van der Waals surface area contributed by atoms with Crippen LogP contribution in [0, 0.1) is 6.92 Å². The number of aromatic amines is 1. The van der Waals surface area contributed by atoms with Crippen molar-refractivity contribution in [3.63, 3.8) is 0 Å². The molecule has 2 aromatic heterocycles. The Morgan fingerprint density at radius 2 is 1.96 bits per heavy atom. The van der Waals surface area contributed by atoms with E-state index in [1.54, 1.807) is 61.7 Å². The Labute approximate surface area is 159 Å². The van der Waals surface area contributed by atoms with Crippen LogP contribution in [0.1, 0.15) is 27.8 Å². The van der Waals surface area contributed by atoms with Crippen molar-refractivity contribution >= 4 is 28.6 Å². The van der Waals surface area contributed by atoms with Crippen LogP contribution in [0.4, 0.5) is 5.82 Å². The van der Waals surface area contributed by atoms with Crippen molar-refractivity contribution < 1.29 is 18.8 Å². The molecule has 0 saturated carbocycles. The molecule has 2 aromatic carbocycles. The maximum atomic E-state index is 12.8. The van der Waals surface area contributed by atoms with Crippen molar-refractivity contribution in [3.8, 4) is 0 Å². The van der Waals surface area contributed by atoms with Crippen LogP contribution in [0.25, 0.3) is 10.9 Å². The first-order valence-electron chi connectivity index (χ1n) is 8.53. The maximum Gasteiger partial charge on any atom is 0.339 e. The summed E-state index contributed by atoms with van der Waals surface area (Å²) in [7, 11) is 0. The molecule has 1 atom stereocenters. The van der Waals surface area contributed by atoms with Crippen molar-refractivity contribution in [1.29, 1.82) is 0 Å². The zero-order valence-corrected chi connectivity index (χ0v) is 14.9. The quantitative estimate of drug-likeness (QED) is 0.517. The number of aryl methyl sites for hydroxylation is 1. The fraction of sp³-hybridized carbons (Fsp3) is 0.100. The predicted octanol–water partition coefficient (Wildman–Crippen LogP) is 3.40. The monoisotopic (exact) mass is 376 g/mol. The summed E-state index contributed by atoms with van der Waals surface area (Å²) in [5.74, 6) is -0.359. The van der Waals surface area contributed by atoms with Gasteiger partial charge in [-0.25, -0.2) is 4.79 Å². The van der Waals surface area contributed by atoms with Gasteiger partial charge in [0.1, 0.15) is 5.76 Å². The Hall–Kier alpha value is -3.94. The SMILES string of the molecule is Cc1cc(NC(=O)C(OC(=O)c2ccc3cn[nH]c3c2)c2ccccc2)no1. The molecule has 28 heavy (non-hydrogen) atoms. The van der Waals surface area contributed by atoms with Crippen LogP contribution in [0.2, 0.25) is 0 Å². The molecule has 4 aromatic rings. The largest absolute Gasteiger partial charge is 0.444 e. The summed E-state index contributed by atoms with van der Waals surface area (Å²) < 4.78 is 10.5. The second-order valence-electron chi connectivity index (χ2n) is 6.18. The lowest BCUT2D eigenvalue weighted by Crippen LogP contribution is -2.26. The number of carbonyl (C=O) groups is 2. The summed E-state index contributed by atoms with van der Waals surface area (Å²) in [5, 5.41) is 13.9. The van der Waals surface area contributed by atoms with E-state index in [1.165, 1.54) is 0 Å². The highest BCUT2D eigenvalue weighted by atomic mass is 16.5. The molecule has 0 saturated heterocycles. The van der Waals surface area contributed by atoms with Gasteiger partial charge in [-0.15, -0.1) is 0 Å². The summed E-state index contributed by atoms with van der Waals surface area (Å²) >= 11 is 0. The molecule has 8 heteroatoms. The molecule has 8 nitrogen and oxygen atoms in total. The van der Waals surface area contributed by atoms with Crippen molar-refractivity contribution in [2.24, 2.45) is 0 Å². The number of H-pyrrole nitrogens is 1. The molecule has 0 fully saturated rings. The molecule has 0 bridgehead atoms. The first kappa shape index (κ1) is 17.5. The van der Waals surface area contributed by atoms with Gasteiger partial charge < -0.3 is 14.6 Å². The summed E-state index contributed by atoms with van der Waals surface area (Å²) in [4.78, 5) is 25.5. The van der Waals surface area contributed by atoms with Crippen LogP contribution in [0.5, 0.6) is 0 Å². The third kappa shape index (κ3) is 3.61. The molecule has 1 unspecified atom stereocenters. The Kier molecular flexibility index (Phi) is 4.59. The van der Waals surface area contributed by atoms with E-state index in [-0.39, 0.29) is 5.82 Å². The number of nitrogens with zero attached hydrogens (tertiary/aromatic N) is 2. The molecular weight excluding hydrogens is 360 g/mol. The van der Waals surface area contributed by atoms with Crippen molar-refractivity contribution in [1.82, 2.24) is 15.4 Å². The van der Waals surface area contributed by atoms with Gasteiger partial charge in [-0.05, 0) is 19.1 Å². The number of esters is 1. The number of ether oxygens (including phenoxy) is 1. The van der Waals surface area contributed by atoms with Gasteiger partial charge in [0, 0.05) is 17.0 Å². The lowest BCUT2D eigenvalue weighted by atomic mass is 10.1. The topological polar surface area (TPSA) is 110 Å². The smallest absolute Gasteiger partial charge is 0.339 e. The molecule has 0 aliphatic carbocycles. The average molecular weight is 376 g/mol. The van der Waals surface area contributed by atoms with E-state index < -0.39 is 18.0 Å². The van der Waals surface area contributed by atoms with E-state index >= 15 is 0 Å². The maximum absolute atomic E-state index is 12.8. The minimum absolute atomic E-state index is 0.248. The number of rotatable bonds is 5. The highest BCUT2D eigenvalue weighted by Crippen LogP contribution is 2.23. The highest BCUT2D eigenvalue weighted by molar-refractivity contribution is 5.99. The number of hydrogen-bond acceptors (Lipinski definition) is 6. The first-order valence-corrected chi connectivity index (χ1v) is 8.53. The van der Waals surface area contributed by atoms with Gasteiger partial charge in [-0.1, -0.05) is 41.6 Å². The van der Waals surface area contributed by atoms with Crippen molar-refractivity contribution in [3.05, 3.63) is 77.7 Å². The molecule has 0 aliphatic heterocycles.